The van der Waals surface area contributed by atoms with Crippen LogP contribution in [-0.4, -0.2) is 18.7 Å². The SMILES string of the molecule is CC(=O)O[C@H](C)CCOc1ccc2ccc(=O)oc2c1. The smallest absolute Gasteiger partial charge is 0.336 e. The maximum absolute atomic E-state index is 11.1. The van der Waals surface area contributed by atoms with Crippen molar-refractivity contribution in [2.45, 2.75) is 26.4 Å². The molecule has 0 saturated heterocycles. The highest BCUT2D eigenvalue weighted by atomic mass is 16.5. The van der Waals surface area contributed by atoms with Crippen LogP contribution in [0.25, 0.3) is 11.0 Å². The summed E-state index contributed by atoms with van der Waals surface area (Å²) in [5.41, 5.74) is 0.0983. The molecule has 1 atom stereocenters. The third-order valence-corrected chi connectivity index (χ3v) is 2.75. The van der Waals surface area contributed by atoms with Gasteiger partial charge in [-0.15, -0.1) is 0 Å². The third kappa shape index (κ3) is 3.85. The van der Waals surface area contributed by atoms with E-state index in [-0.39, 0.29) is 12.1 Å². The molecule has 1 heterocycles. The van der Waals surface area contributed by atoms with E-state index in [4.69, 9.17) is 13.9 Å². The van der Waals surface area contributed by atoms with Crippen molar-refractivity contribution in [3.8, 4) is 5.75 Å². The molecule has 1 aromatic heterocycles. The van der Waals surface area contributed by atoms with E-state index in [1.165, 1.54) is 13.0 Å². The molecule has 0 fully saturated rings. The summed E-state index contributed by atoms with van der Waals surface area (Å²) in [6.45, 7) is 3.60. The van der Waals surface area contributed by atoms with Gasteiger partial charge in [-0.05, 0) is 25.1 Å². The van der Waals surface area contributed by atoms with Gasteiger partial charge in [0.25, 0.3) is 0 Å². The van der Waals surface area contributed by atoms with Crippen molar-refractivity contribution in [3.63, 3.8) is 0 Å². The van der Waals surface area contributed by atoms with Crippen molar-refractivity contribution in [2.75, 3.05) is 6.61 Å². The van der Waals surface area contributed by atoms with Gasteiger partial charge in [0.2, 0.25) is 0 Å². The number of fused-ring (bicyclic) bond motifs is 1. The van der Waals surface area contributed by atoms with E-state index in [1.54, 1.807) is 18.2 Å². The normalized spacial score (nSPS) is 12.1. The van der Waals surface area contributed by atoms with Crippen LogP contribution in [0.5, 0.6) is 5.75 Å². The summed E-state index contributed by atoms with van der Waals surface area (Å²) < 4.78 is 15.6. The largest absolute Gasteiger partial charge is 0.493 e. The average molecular weight is 276 g/mol. The molecule has 0 aliphatic heterocycles. The first-order valence-electron chi connectivity index (χ1n) is 6.38. The van der Waals surface area contributed by atoms with Crippen molar-refractivity contribution < 1.29 is 18.7 Å². The minimum Gasteiger partial charge on any atom is -0.493 e. The molecule has 0 bridgehead atoms. The summed E-state index contributed by atoms with van der Waals surface area (Å²) in [7, 11) is 0. The third-order valence-electron chi connectivity index (χ3n) is 2.75. The zero-order valence-electron chi connectivity index (χ0n) is 11.4. The summed E-state index contributed by atoms with van der Waals surface area (Å²) >= 11 is 0. The van der Waals surface area contributed by atoms with Gasteiger partial charge in [0.1, 0.15) is 17.4 Å². The zero-order valence-corrected chi connectivity index (χ0v) is 11.4. The van der Waals surface area contributed by atoms with Crippen LogP contribution in [0.2, 0.25) is 0 Å². The topological polar surface area (TPSA) is 65.7 Å². The highest BCUT2D eigenvalue weighted by molar-refractivity contribution is 5.77. The van der Waals surface area contributed by atoms with E-state index in [1.807, 2.05) is 13.0 Å². The molecule has 20 heavy (non-hydrogen) atoms. The second kappa shape index (κ2) is 6.23. The van der Waals surface area contributed by atoms with Crippen LogP contribution in [0.4, 0.5) is 0 Å². The Balaban J connectivity index is 1.96. The number of carbonyl (C=O) groups is 1. The fourth-order valence-electron chi connectivity index (χ4n) is 1.82. The fraction of sp³-hybridized carbons (Fsp3) is 0.333. The molecule has 1 aromatic carbocycles. The fourth-order valence-corrected chi connectivity index (χ4v) is 1.82. The van der Waals surface area contributed by atoms with Crippen molar-refractivity contribution in [3.05, 3.63) is 40.8 Å². The molecule has 106 valence electrons. The van der Waals surface area contributed by atoms with Gasteiger partial charge in [0, 0.05) is 30.9 Å². The average Bonchev–Trinajstić information content (AvgIpc) is 2.37. The van der Waals surface area contributed by atoms with Crippen LogP contribution >= 0.6 is 0 Å². The van der Waals surface area contributed by atoms with E-state index in [0.29, 0.717) is 24.4 Å². The number of hydrogen-bond donors (Lipinski definition) is 0. The highest BCUT2D eigenvalue weighted by Crippen LogP contribution is 2.19. The van der Waals surface area contributed by atoms with Crippen LogP contribution in [0.15, 0.2) is 39.5 Å². The van der Waals surface area contributed by atoms with Gasteiger partial charge in [-0.3, -0.25) is 4.79 Å². The molecule has 2 aromatic rings. The number of rotatable bonds is 5. The van der Waals surface area contributed by atoms with Gasteiger partial charge < -0.3 is 13.9 Å². The van der Waals surface area contributed by atoms with Crippen LogP contribution in [-0.2, 0) is 9.53 Å². The van der Waals surface area contributed by atoms with E-state index in [2.05, 4.69) is 0 Å². The molecular weight excluding hydrogens is 260 g/mol. The molecule has 0 saturated carbocycles. The molecule has 0 unspecified atom stereocenters. The Morgan fingerprint density at radius 1 is 1.30 bits per heavy atom. The molecule has 5 heteroatoms. The van der Waals surface area contributed by atoms with Crippen LogP contribution in [0.3, 0.4) is 0 Å². The standard InChI is InChI=1S/C15H16O5/c1-10(19-11(2)16)7-8-18-13-5-3-12-4-6-15(17)20-14(12)9-13/h3-6,9-10H,7-8H2,1-2H3/t10-/m1/s1. The lowest BCUT2D eigenvalue weighted by Crippen LogP contribution is -2.15. The van der Waals surface area contributed by atoms with Crippen LogP contribution < -0.4 is 10.4 Å². The van der Waals surface area contributed by atoms with Gasteiger partial charge in [-0.1, -0.05) is 0 Å². The molecule has 0 amide bonds. The number of ether oxygens (including phenoxy) is 2. The maximum Gasteiger partial charge on any atom is 0.336 e. The summed E-state index contributed by atoms with van der Waals surface area (Å²) in [5, 5.41) is 0.838. The molecule has 0 aliphatic rings. The number of hydrogen-bond acceptors (Lipinski definition) is 5. The van der Waals surface area contributed by atoms with Gasteiger partial charge in [-0.25, -0.2) is 4.79 Å². The van der Waals surface area contributed by atoms with Crippen molar-refractivity contribution in [2.24, 2.45) is 0 Å². The van der Waals surface area contributed by atoms with E-state index in [0.717, 1.165) is 5.39 Å². The summed E-state index contributed by atoms with van der Waals surface area (Å²) in [6.07, 6.45) is 0.405. The predicted octanol–water partition coefficient (Wildman–Crippen LogP) is 2.51. The van der Waals surface area contributed by atoms with E-state index >= 15 is 0 Å². The van der Waals surface area contributed by atoms with Crippen molar-refractivity contribution >= 4 is 16.9 Å². The van der Waals surface area contributed by atoms with Crippen molar-refractivity contribution in [1.29, 1.82) is 0 Å². The monoisotopic (exact) mass is 276 g/mol. The summed E-state index contributed by atoms with van der Waals surface area (Å²) in [4.78, 5) is 21.9. The van der Waals surface area contributed by atoms with Crippen LogP contribution in [0.1, 0.15) is 20.3 Å². The molecule has 5 nitrogen and oxygen atoms in total. The van der Waals surface area contributed by atoms with Gasteiger partial charge >= 0.3 is 11.6 Å². The summed E-state index contributed by atoms with van der Waals surface area (Å²) in [5.74, 6) is 0.312. The van der Waals surface area contributed by atoms with Crippen LogP contribution in [0, 0.1) is 0 Å². The molecule has 0 N–H and O–H groups in total. The lowest BCUT2D eigenvalue weighted by molar-refractivity contribution is -0.145. The predicted molar refractivity (Wildman–Crippen MR) is 73.8 cm³/mol. The Kier molecular flexibility index (Phi) is 4.40. The molecule has 2 rings (SSSR count). The molecular formula is C15H16O5. The van der Waals surface area contributed by atoms with Gasteiger partial charge in [0.05, 0.1) is 6.61 Å². The Labute approximate surface area is 116 Å². The number of carbonyl (C=O) groups excluding carboxylic acids is 1. The Hall–Kier alpha value is -2.30. The Morgan fingerprint density at radius 3 is 2.80 bits per heavy atom. The second-order valence-electron chi connectivity index (χ2n) is 4.51. The Bertz CT molecular complexity index is 659. The zero-order chi connectivity index (χ0) is 14.5. The minimum atomic E-state index is -0.391. The molecule has 0 aliphatic carbocycles. The highest BCUT2D eigenvalue weighted by Gasteiger charge is 2.06. The first kappa shape index (κ1) is 14.1. The first-order chi connectivity index (χ1) is 9.54. The first-order valence-corrected chi connectivity index (χ1v) is 6.38. The van der Waals surface area contributed by atoms with E-state index in [9.17, 15) is 9.59 Å². The van der Waals surface area contributed by atoms with E-state index < -0.39 is 5.63 Å². The lowest BCUT2D eigenvalue weighted by Gasteiger charge is -2.12. The maximum atomic E-state index is 11.1. The lowest BCUT2D eigenvalue weighted by atomic mass is 10.2. The second-order valence-corrected chi connectivity index (χ2v) is 4.51. The van der Waals surface area contributed by atoms with Gasteiger partial charge in [0.15, 0.2) is 0 Å². The number of benzene rings is 1. The summed E-state index contributed by atoms with van der Waals surface area (Å²) in [6, 6.07) is 8.38. The van der Waals surface area contributed by atoms with Crippen molar-refractivity contribution in [1.82, 2.24) is 0 Å². The molecule has 0 radical (unpaired) electrons. The minimum absolute atomic E-state index is 0.189. The molecule has 0 spiro atoms. The van der Waals surface area contributed by atoms with Gasteiger partial charge in [-0.2, -0.15) is 0 Å². The number of esters is 1. The Morgan fingerprint density at radius 2 is 2.05 bits per heavy atom. The quantitative estimate of drug-likeness (QED) is 0.620.